The molecule has 4 aliphatic carbocycles. The maximum atomic E-state index is 17.0. The van der Waals surface area contributed by atoms with Gasteiger partial charge in [0, 0.05) is 40.8 Å². The lowest BCUT2D eigenvalue weighted by atomic mass is 9.55. The topological polar surface area (TPSA) is 138 Å². The van der Waals surface area contributed by atoms with Crippen LogP contribution >= 0.6 is 18.9 Å². The number of alkyl halides is 2. The lowest BCUT2D eigenvalue weighted by Gasteiger charge is -2.53. The van der Waals surface area contributed by atoms with Crippen molar-refractivity contribution in [2.75, 3.05) is 13.6 Å². The predicted octanol–water partition coefficient (Wildman–Crippen LogP) is 9.99. The largest absolute Gasteiger partial charge is 0.461 e. The van der Waals surface area contributed by atoms with E-state index in [4.69, 9.17) is 9.26 Å². The average Bonchev–Trinajstić information content (AvgIpc) is 3.59. The summed E-state index contributed by atoms with van der Waals surface area (Å²) >= 11 is 1.19. The zero-order chi connectivity index (χ0) is 48.5. The lowest BCUT2D eigenvalue weighted by molar-refractivity contribution is -0.169. The molecular weight excluding hydrogens is 932 g/mol. The number of para-hydroxylation sites is 1. The van der Waals surface area contributed by atoms with Crippen molar-refractivity contribution >= 4 is 52.6 Å². The van der Waals surface area contributed by atoms with Crippen molar-refractivity contribution in [3.8, 4) is 5.75 Å². The summed E-state index contributed by atoms with van der Waals surface area (Å²) < 4.78 is 58.1. The van der Waals surface area contributed by atoms with Gasteiger partial charge in [0.15, 0.2) is 0 Å². The molecule has 70 heavy (non-hydrogen) atoms. The lowest BCUT2D eigenvalue weighted by Crippen LogP contribution is -2.59. The maximum absolute atomic E-state index is 17.0. The van der Waals surface area contributed by atoms with Gasteiger partial charge >= 0.3 is 13.5 Å². The normalized spacial score (nSPS) is 29.5. The SMILES string of the molecule is C[C@H](NP(=O)(Oc1ccccc1)[C@@H](F)c1ccc2sc(C(=O)N[C@H]3CC[C@H](N(C)C4CC(F)C4)C[C@H]4CC[C@@H](C(=O)N5C[C@H](c6ccccc6)CC56CC6)N4C3=O)cc2c1)C(=O)OC1CC2(CCC2)C1. The highest BCUT2D eigenvalue weighted by Crippen LogP contribution is 2.59. The number of fused-ring (bicyclic) bond motifs is 2. The van der Waals surface area contributed by atoms with E-state index in [1.165, 1.54) is 42.4 Å². The molecule has 1 aromatic heterocycles. The second kappa shape index (κ2) is 18.7. The molecule has 4 heterocycles. The number of carbonyl (C=O) groups is 4. The van der Waals surface area contributed by atoms with E-state index in [-0.39, 0.29) is 64.2 Å². The Hall–Kier alpha value is -4.69. The standard InChI is InChI=1S/C54H64F2N5O7PS/c1-33(52(65)67-43-30-53(31-43)20-9-21-53)58-69(66,68-42-12-7-4-8-13-42)48(56)35-14-19-46-36(24-35)25-47(70-46)49(62)57-44-17-15-39(59(2)41-26-38(55)27-41)28-40-16-18-45(61(40)50(44)63)51(64)60-32-37(29-54(60)22-23-54)34-10-5-3-6-11-34/h3-8,10-14,19,24-25,33,37-41,43-45,48H,9,15-18,20-23,26-32H2,1-2H3,(H,57,62)(H,58,66)/t33-,37+,38?,39-,40+,41?,44-,45-,48+,69?/m0/s1. The van der Waals surface area contributed by atoms with Crippen LogP contribution in [0.4, 0.5) is 8.78 Å². The number of likely N-dealkylation sites (tertiary alicyclic amines) is 1. The fourth-order valence-electron chi connectivity index (χ4n) is 12.7. The smallest absolute Gasteiger partial charge is 0.355 e. The summed E-state index contributed by atoms with van der Waals surface area (Å²) in [5.41, 5.74) is 1.35. The summed E-state index contributed by atoms with van der Waals surface area (Å²) in [6, 6.07) is 22.2. The Labute approximate surface area is 412 Å². The van der Waals surface area contributed by atoms with Crippen LogP contribution in [0.5, 0.6) is 5.75 Å². The van der Waals surface area contributed by atoms with E-state index in [0.29, 0.717) is 66.5 Å². The van der Waals surface area contributed by atoms with Gasteiger partial charge in [-0.1, -0.05) is 61.0 Å². The van der Waals surface area contributed by atoms with Crippen molar-refractivity contribution in [3.05, 3.63) is 101 Å². The van der Waals surface area contributed by atoms with Crippen LogP contribution in [-0.2, 0) is 23.7 Å². The van der Waals surface area contributed by atoms with Crippen molar-refractivity contribution in [2.24, 2.45) is 5.41 Å². The fourth-order valence-corrected chi connectivity index (χ4v) is 15.6. The number of nitrogens with one attached hydrogen (secondary N) is 2. The van der Waals surface area contributed by atoms with E-state index < -0.39 is 49.6 Å². The van der Waals surface area contributed by atoms with E-state index in [2.05, 4.69) is 32.3 Å². The van der Waals surface area contributed by atoms with Crippen LogP contribution in [0.25, 0.3) is 10.1 Å². The quantitative estimate of drug-likeness (QED) is 0.0935. The van der Waals surface area contributed by atoms with Gasteiger partial charge in [0.25, 0.3) is 5.91 Å². The van der Waals surface area contributed by atoms with Crippen LogP contribution in [0.1, 0.15) is 136 Å². The second-order valence-corrected chi connectivity index (χ2v) is 24.9. The number of ether oxygens (including phenoxy) is 1. The monoisotopic (exact) mass is 995 g/mol. The van der Waals surface area contributed by atoms with Crippen LogP contribution in [0.2, 0.25) is 0 Å². The molecule has 11 rings (SSSR count). The maximum Gasteiger partial charge on any atom is 0.355 e. The molecule has 3 aliphatic heterocycles. The van der Waals surface area contributed by atoms with E-state index in [1.807, 2.05) is 25.2 Å². The molecule has 0 radical (unpaired) electrons. The number of thiophene rings is 1. The summed E-state index contributed by atoms with van der Waals surface area (Å²) in [5, 5.41) is 6.30. The third kappa shape index (κ3) is 9.10. The molecule has 2 N–H and O–H groups in total. The molecule has 4 aromatic rings. The van der Waals surface area contributed by atoms with Crippen molar-refractivity contribution in [2.45, 2.75) is 169 Å². The summed E-state index contributed by atoms with van der Waals surface area (Å²) in [6.45, 7) is 2.11. The highest BCUT2D eigenvalue weighted by Gasteiger charge is 2.59. The van der Waals surface area contributed by atoms with Crippen LogP contribution in [0, 0.1) is 5.41 Å². The molecule has 1 unspecified atom stereocenters. The fraction of sp³-hybridized carbons (Fsp3) is 0.556. The number of rotatable bonds is 14. The Morgan fingerprint density at radius 2 is 1.61 bits per heavy atom. The second-order valence-electron chi connectivity index (χ2n) is 21.8. The van der Waals surface area contributed by atoms with E-state index in [9.17, 15) is 28.1 Å². The summed E-state index contributed by atoms with van der Waals surface area (Å²) in [5.74, 6) is -3.17. The molecule has 2 spiro atoms. The van der Waals surface area contributed by atoms with Gasteiger partial charge in [0.2, 0.25) is 17.7 Å². The molecule has 16 heteroatoms. The molecule has 8 atom stereocenters. The number of hydrogen-bond acceptors (Lipinski definition) is 9. The van der Waals surface area contributed by atoms with Gasteiger partial charge in [-0.15, -0.1) is 11.3 Å². The van der Waals surface area contributed by atoms with Gasteiger partial charge < -0.3 is 29.3 Å². The molecule has 4 saturated carbocycles. The molecule has 12 nitrogen and oxygen atoms in total. The van der Waals surface area contributed by atoms with Crippen LogP contribution in [0.3, 0.4) is 0 Å². The van der Waals surface area contributed by atoms with Crippen molar-refractivity contribution in [1.29, 1.82) is 0 Å². The third-order valence-corrected chi connectivity index (χ3v) is 20.5. The Morgan fingerprint density at radius 3 is 2.30 bits per heavy atom. The molecule has 7 aliphatic rings. The minimum absolute atomic E-state index is 0.00764. The number of esters is 1. The van der Waals surface area contributed by atoms with Crippen LogP contribution in [0.15, 0.2) is 84.9 Å². The van der Waals surface area contributed by atoms with Gasteiger partial charge in [-0.3, -0.25) is 23.7 Å². The Morgan fingerprint density at radius 1 is 0.886 bits per heavy atom. The zero-order valence-electron chi connectivity index (χ0n) is 40.0. The van der Waals surface area contributed by atoms with Crippen molar-refractivity contribution < 1.29 is 41.8 Å². The molecule has 372 valence electrons. The van der Waals surface area contributed by atoms with Gasteiger partial charge in [-0.05, 0) is 156 Å². The van der Waals surface area contributed by atoms with Gasteiger partial charge in [0.05, 0.1) is 4.88 Å². The zero-order valence-corrected chi connectivity index (χ0v) is 41.7. The van der Waals surface area contributed by atoms with E-state index in [1.54, 1.807) is 47.4 Å². The summed E-state index contributed by atoms with van der Waals surface area (Å²) in [4.78, 5) is 63.9. The van der Waals surface area contributed by atoms with E-state index in [0.717, 1.165) is 44.9 Å². The molecular formula is C54H64F2N5O7PS. The Bertz CT molecular complexity index is 2670. The predicted molar refractivity (Wildman–Crippen MR) is 264 cm³/mol. The van der Waals surface area contributed by atoms with Gasteiger partial charge in [-0.25, -0.2) is 13.9 Å². The molecule has 3 amide bonds. The average molecular weight is 996 g/mol. The number of carbonyl (C=O) groups excluding carboxylic acids is 4. The summed E-state index contributed by atoms with van der Waals surface area (Å²) in [6.07, 6.45) is 10.7. The number of hydrogen-bond donors (Lipinski definition) is 2. The van der Waals surface area contributed by atoms with Gasteiger partial charge in [-0.2, -0.15) is 0 Å². The third-order valence-electron chi connectivity index (χ3n) is 17.2. The first-order chi connectivity index (χ1) is 33.7. The van der Waals surface area contributed by atoms with Crippen molar-refractivity contribution in [3.63, 3.8) is 0 Å². The minimum atomic E-state index is -4.50. The highest BCUT2D eigenvalue weighted by molar-refractivity contribution is 7.57. The Balaban J connectivity index is 0.816. The van der Waals surface area contributed by atoms with Crippen LogP contribution < -0.4 is 14.9 Å². The first-order valence-electron chi connectivity index (χ1n) is 25.5. The van der Waals surface area contributed by atoms with E-state index >= 15 is 4.39 Å². The first-order valence-corrected chi connectivity index (χ1v) is 28.1. The number of benzene rings is 3. The molecule has 7 fully saturated rings. The molecule has 0 bridgehead atoms. The summed E-state index contributed by atoms with van der Waals surface area (Å²) in [7, 11) is -2.47. The van der Waals surface area contributed by atoms with Crippen LogP contribution in [-0.4, -0.2) is 106 Å². The number of halogens is 2. The Kier molecular flexibility index (Phi) is 12.7. The number of amides is 3. The molecule has 3 saturated heterocycles. The first kappa shape index (κ1) is 47.6. The van der Waals surface area contributed by atoms with Gasteiger partial charge in [0.1, 0.15) is 36.2 Å². The highest BCUT2D eigenvalue weighted by atomic mass is 32.1. The number of nitrogens with zero attached hydrogens (tertiary/aromatic N) is 3. The molecule has 3 aromatic carbocycles. The van der Waals surface area contributed by atoms with Crippen molar-refractivity contribution in [1.82, 2.24) is 25.1 Å². The minimum Gasteiger partial charge on any atom is -0.461 e.